The van der Waals surface area contributed by atoms with Crippen LogP contribution < -0.4 is 15.4 Å². The van der Waals surface area contributed by atoms with E-state index < -0.39 is 0 Å². The predicted octanol–water partition coefficient (Wildman–Crippen LogP) is 2.76. The molecule has 6 nitrogen and oxygen atoms in total. The molecule has 27 heavy (non-hydrogen) atoms. The van der Waals surface area contributed by atoms with Crippen molar-refractivity contribution in [2.45, 2.75) is 13.5 Å². The molecular formula is C20H25ClN2O4. The number of aliphatic hydroxyl groups excluding tert-OH is 1. The summed E-state index contributed by atoms with van der Waals surface area (Å²) in [4.78, 5) is 12.1. The van der Waals surface area contributed by atoms with Crippen LogP contribution in [-0.2, 0) is 16.1 Å². The third kappa shape index (κ3) is 7.97. The zero-order valence-corrected chi connectivity index (χ0v) is 16.1. The molecule has 7 heteroatoms. The molecule has 0 heterocycles. The minimum Gasteiger partial charge on any atom is -0.483 e. The van der Waals surface area contributed by atoms with Gasteiger partial charge in [-0.25, -0.2) is 0 Å². The van der Waals surface area contributed by atoms with E-state index >= 15 is 0 Å². The normalized spacial score (nSPS) is 10.6. The van der Waals surface area contributed by atoms with Gasteiger partial charge in [-0.1, -0.05) is 29.3 Å². The summed E-state index contributed by atoms with van der Waals surface area (Å²) in [5, 5.41) is 15.3. The fourth-order valence-electron chi connectivity index (χ4n) is 2.34. The highest BCUT2D eigenvalue weighted by molar-refractivity contribution is 6.30. The molecule has 0 unspecified atom stereocenters. The first kappa shape index (κ1) is 21.2. The molecule has 2 aromatic rings. The van der Waals surface area contributed by atoms with Gasteiger partial charge >= 0.3 is 0 Å². The van der Waals surface area contributed by atoms with Crippen LogP contribution >= 0.6 is 11.6 Å². The van der Waals surface area contributed by atoms with Crippen molar-refractivity contribution in [3.8, 4) is 5.75 Å². The highest BCUT2D eigenvalue weighted by atomic mass is 35.5. The van der Waals surface area contributed by atoms with Crippen LogP contribution in [0.2, 0.25) is 5.02 Å². The maximum Gasteiger partial charge on any atom is 0.262 e. The zero-order chi connectivity index (χ0) is 19.5. The van der Waals surface area contributed by atoms with E-state index in [1.807, 2.05) is 31.2 Å². The van der Waals surface area contributed by atoms with Gasteiger partial charge in [0.1, 0.15) is 5.75 Å². The lowest BCUT2D eigenvalue weighted by Crippen LogP contribution is -2.22. The number of benzene rings is 2. The first-order chi connectivity index (χ1) is 13.1. The maximum atomic E-state index is 12.1. The molecule has 0 fully saturated rings. The number of hydrogen-bond acceptors (Lipinski definition) is 5. The van der Waals surface area contributed by atoms with Gasteiger partial charge in [0.2, 0.25) is 0 Å². The van der Waals surface area contributed by atoms with Crippen molar-refractivity contribution in [1.29, 1.82) is 0 Å². The second-order valence-corrected chi connectivity index (χ2v) is 6.40. The highest BCUT2D eigenvalue weighted by Crippen LogP contribution is 2.23. The summed E-state index contributed by atoms with van der Waals surface area (Å²) in [5.41, 5.74) is 2.71. The Morgan fingerprint density at radius 3 is 2.67 bits per heavy atom. The summed E-state index contributed by atoms with van der Waals surface area (Å²) < 4.78 is 10.9. The summed E-state index contributed by atoms with van der Waals surface area (Å²) >= 11 is 6.07. The molecule has 0 aliphatic rings. The van der Waals surface area contributed by atoms with Crippen molar-refractivity contribution in [3.63, 3.8) is 0 Å². The smallest absolute Gasteiger partial charge is 0.262 e. The number of amides is 1. The molecule has 0 bridgehead atoms. The Balaban J connectivity index is 1.83. The van der Waals surface area contributed by atoms with E-state index in [1.54, 1.807) is 18.2 Å². The third-order valence-corrected chi connectivity index (χ3v) is 3.93. The molecule has 0 radical (unpaired) electrons. The van der Waals surface area contributed by atoms with Crippen LogP contribution in [-0.4, -0.2) is 44.0 Å². The first-order valence-electron chi connectivity index (χ1n) is 8.75. The Morgan fingerprint density at radius 1 is 1.15 bits per heavy atom. The number of anilines is 1. The summed E-state index contributed by atoms with van der Waals surface area (Å²) in [6, 6.07) is 12.8. The SMILES string of the molecule is Cc1ccc(NC(=O)COc2ccc(Cl)cc2CNCCOCCO)cc1. The van der Waals surface area contributed by atoms with Crippen LogP contribution in [0.1, 0.15) is 11.1 Å². The topological polar surface area (TPSA) is 79.8 Å². The molecule has 2 rings (SSSR count). The number of rotatable bonds is 11. The number of hydrogen-bond donors (Lipinski definition) is 3. The standard InChI is InChI=1S/C20H25ClN2O4/c1-15-2-5-18(6-3-15)23-20(25)14-27-19-7-4-17(21)12-16(19)13-22-8-10-26-11-9-24/h2-7,12,22,24H,8-11,13-14H2,1H3,(H,23,25). The van der Waals surface area contributed by atoms with Gasteiger partial charge in [-0.05, 0) is 37.3 Å². The van der Waals surface area contributed by atoms with Crippen molar-refractivity contribution in [2.75, 3.05) is 38.3 Å². The minimum absolute atomic E-state index is 0.0108. The van der Waals surface area contributed by atoms with Crippen molar-refractivity contribution >= 4 is 23.2 Å². The van der Waals surface area contributed by atoms with Gasteiger partial charge in [0.25, 0.3) is 5.91 Å². The van der Waals surface area contributed by atoms with Gasteiger partial charge in [-0.3, -0.25) is 4.79 Å². The van der Waals surface area contributed by atoms with Gasteiger partial charge in [-0.2, -0.15) is 0 Å². The van der Waals surface area contributed by atoms with E-state index in [4.69, 9.17) is 26.2 Å². The molecule has 0 saturated heterocycles. The number of carbonyl (C=O) groups is 1. The monoisotopic (exact) mass is 392 g/mol. The Hall–Kier alpha value is -2.12. The van der Waals surface area contributed by atoms with Gasteiger partial charge in [-0.15, -0.1) is 0 Å². The molecule has 146 valence electrons. The van der Waals surface area contributed by atoms with Crippen molar-refractivity contribution < 1.29 is 19.4 Å². The average molecular weight is 393 g/mol. The van der Waals surface area contributed by atoms with Crippen molar-refractivity contribution in [1.82, 2.24) is 5.32 Å². The molecule has 0 saturated carbocycles. The van der Waals surface area contributed by atoms with E-state index in [0.717, 1.165) is 16.8 Å². The van der Waals surface area contributed by atoms with Gasteiger partial charge in [0, 0.05) is 29.4 Å². The zero-order valence-electron chi connectivity index (χ0n) is 15.3. The Kier molecular flexibility index (Phi) is 9.07. The van der Waals surface area contributed by atoms with Crippen LogP contribution in [0, 0.1) is 6.92 Å². The Morgan fingerprint density at radius 2 is 1.93 bits per heavy atom. The second-order valence-electron chi connectivity index (χ2n) is 5.97. The molecule has 2 aromatic carbocycles. The number of aryl methyl sites for hydroxylation is 1. The van der Waals surface area contributed by atoms with E-state index in [0.29, 0.717) is 37.1 Å². The van der Waals surface area contributed by atoms with E-state index in [1.165, 1.54) is 0 Å². The molecule has 3 N–H and O–H groups in total. The van der Waals surface area contributed by atoms with Crippen LogP contribution in [0.15, 0.2) is 42.5 Å². The van der Waals surface area contributed by atoms with E-state index in [9.17, 15) is 4.79 Å². The van der Waals surface area contributed by atoms with Crippen molar-refractivity contribution in [2.24, 2.45) is 0 Å². The molecule has 0 aromatic heterocycles. The Labute approximate surface area is 164 Å². The highest BCUT2D eigenvalue weighted by Gasteiger charge is 2.08. The Bertz CT molecular complexity index is 722. The maximum absolute atomic E-state index is 12.1. The predicted molar refractivity (Wildman–Crippen MR) is 106 cm³/mol. The van der Waals surface area contributed by atoms with Crippen LogP contribution in [0.3, 0.4) is 0 Å². The molecule has 0 atom stereocenters. The lowest BCUT2D eigenvalue weighted by atomic mass is 10.2. The van der Waals surface area contributed by atoms with Crippen molar-refractivity contribution in [3.05, 3.63) is 58.6 Å². The molecule has 0 spiro atoms. The van der Waals surface area contributed by atoms with Gasteiger partial charge < -0.3 is 25.2 Å². The van der Waals surface area contributed by atoms with Gasteiger partial charge in [0.15, 0.2) is 6.61 Å². The molecule has 1 amide bonds. The lowest BCUT2D eigenvalue weighted by Gasteiger charge is -2.13. The summed E-state index contributed by atoms with van der Waals surface area (Å²) in [5.74, 6) is 0.368. The quantitative estimate of drug-likeness (QED) is 0.512. The van der Waals surface area contributed by atoms with Crippen LogP contribution in [0.4, 0.5) is 5.69 Å². The summed E-state index contributed by atoms with van der Waals surface area (Å²) in [7, 11) is 0. The third-order valence-electron chi connectivity index (χ3n) is 3.69. The molecule has 0 aliphatic heterocycles. The molecule has 0 aliphatic carbocycles. The fraction of sp³-hybridized carbons (Fsp3) is 0.350. The molecular weight excluding hydrogens is 368 g/mol. The lowest BCUT2D eigenvalue weighted by molar-refractivity contribution is -0.118. The number of halogens is 1. The van der Waals surface area contributed by atoms with E-state index in [-0.39, 0.29) is 19.1 Å². The summed E-state index contributed by atoms with van der Waals surface area (Å²) in [6.07, 6.45) is 0. The number of nitrogens with one attached hydrogen (secondary N) is 2. The van der Waals surface area contributed by atoms with E-state index in [2.05, 4.69) is 10.6 Å². The van der Waals surface area contributed by atoms with Crippen LogP contribution in [0.5, 0.6) is 5.75 Å². The average Bonchev–Trinajstić information content (AvgIpc) is 2.65. The first-order valence-corrected chi connectivity index (χ1v) is 9.13. The van der Waals surface area contributed by atoms with Gasteiger partial charge in [0.05, 0.1) is 19.8 Å². The number of carbonyl (C=O) groups excluding carboxylic acids is 1. The number of ether oxygens (including phenoxy) is 2. The number of aliphatic hydroxyl groups is 1. The fourth-order valence-corrected chi connectivity index (χ4v) is 2.53. The minimum atomic E-state index is -0.231. The second kappa shape index (κ2) is 11.6. The largest absolute Gasteiger partial charge is 0.483 e. The summed E-state index contributed by atoms with van der Waals surface area (Å²) in [6.45, 7) is 3.88. The van der Waals surface area contributed by atoms with Crippen LogP contribution in [0.25, 0.3) is 0 Å².